The fourth-order valence-corrected chi connectivity index (χ4v) is 6.87. The molecule has 0 aromatic heterocycles. The van der Waals surface area contributed by atoms with Crippen LogP contribution < -0.4 is 9.62 Å². The van der Waals surface area contributed by atoms with Crippen molar-refractivity contribution in [2.45, 2.75) is 43.5 Å². The van der Waals surface area contributed by atoms with Gasteiger partial charge < -0.3 is 5.32 Å². The number of amides is 1. The molecule has 1 aliphatic heterocycles. The number of fused-ring (bicyclic) bond motifs is 5. The number of aryl methyl sites for hydroxylation is 1. The molecule has 1 N–H and O–H groups in total. The Morgan fingerprint density at radius 2 is 1.93 bits per heavy atom. The molecule has 5 nitrogen and oxygen atoms in total. The summed E-state index contributed by atoms with van der Waals surface area (Å²) in [7, 11) is -3.78. The van der Waals surface area contributed by atoms with Gasteiger partial charge in [0.25, 0.3) is 10.0 Å². The van der Waals surface area contributed by atoms with Gasteiger partial charge in [-0.05, 0) is 56.2 Å². The third-order valence-corrected chi connectivity index (χ3v) is 8.36. The molecule has 2 bridgehead atoms. The lowest BCUT2D eigenvalue weighted by molar-refractivity contribution is -0.120. The summed E-state index contributed by atoms with van der Waals surface area (Å²) in [5, 5.41) is 3.12. The van der Waals surface area contributed by atoms with Crippen molar-refractivity contribution in [2.75, 3.05) is 10.8 Å². The number of nitrogens with zero attached hydrogens (tertiary/aromatic N) is 1. The first-order valence-electron chi connectivity index (χ1n) is 9.95. The van der Waals surface area contributed by atoms with Crippen LogP contribution in [0.15, 0.2) is 47.4 Å². The third kappa shape index (κ3) is 2.73. The minimum Gasteiger partial charge on any atom is -0.352 e. The minimum absolute atomic E-state index is 0.180. The fraction of sp³-hybridized carbons (Fsp3) is 0.409. The molecule has 6 heteroatoms. The number of hydrogen-bond donors (Lipinski definition) is 1. The van der Waals surface area contributed by atoms with Gasteiger partial charge in [-0.3, -0.25) is 9.10 Å². The summed E-state index contributed by atoms with van der Waals surface area (Å²) in [5.74, 6) is 1.07. The average Bonchev–Trinajstić information content (AvgIpc) is 3.28. The Balaban J connectivity index is 1.48. The molecule has 2 saturated carbocycles. The Bertz CT molecular complexity index is 1060. The van der Waals surface area contributed by atoms with Crippen LogP contribution in [-0.4, -0.2) is 26.9 Å². The monoisotopic (exact) mass is 396 g/mol. The van der Waals surface area contributed by atoms with Crippen LogP contribution in [0.25, 0.3) is 11.1 Å². The van der Waals surface area contributed by atoms with Crippen LogP contribution >= 0.6 is 0 Å². The smallest absolute Gasteiger partial charge is 0.265 e. The van der Waals surface area contributed by atoms with E-state index in [0.717, 1.165) is 23.5 Å². The molecule has 28 heavy (non-hydrogen) atoms. The Morgan fingerprint density at radius 3 is 2.68 bits per heavy atom. The summed E-state index contributed by atoms with van der Waals surface area (Å²) in [6.45, 7) is 1.80. The zero-order valence-electron chi connectivity index (χ0n) is 15.9. The third-order valence-electron chi connectivity index (χ3n) is 6.54. The Kier molecular flexibility index (Phi) is 4.02. The molecule has 3 aliphatic rings. The maximum absolute atomic E-state index is 13.3. The predicted molar refractivity (Wildman–Crippen MR) is 109 cm³/mol. The van der Waals surface area contributed by atoms with Gasteiger partial charge in [0, 0.05) is 17.2 Å². The Labute approximate surface area is 165 Å². The van der Waals surface area contributed by atoms with E-state index in [1.165, 1.54) is 23.6 Å². The van der Waals surface area contributed by atoms with E-state index in [-0.39, 0.29) is 23.4 Å². The first-order chi connectivity index (χ1) is 13.4. The molecule has 0 saturated heterocycles. The van der Waals surface area contributed by atoms with E-state index in [4.69, 9.17) is 0 Å². The molecule has 3 unspecified atom stereocenters. The summed E-state index contributed by atoms with van der Waals surface area (Å²) in [4.78, 5) is 13.1. The molecule has 0 spiro atoms. The van der Waals surface area contributed by atoms with Crippen molar-refractivity contribution in [2.24, 2.45) is 11.8 Å². The molecule has 1 amide bonds. The summed E-state index contributed by atoms with van der Waals surface area (Å²) in [6.07, 6.45) is 4.67. The van der Waals surface area contributed by atoms with E-state index in [1.807, 2.05) is 37.3 Å². The van der Waals surface area contributed by atoms with Crippen LogP contribution in [0.1, 0.15) is 31.2 Å². The molecule has 2 aromatic carbocycles. The number of benzene rings is 2. The van der Waals surface area contributed by atoms with Gasteiger partial charge in [0.1, 0.15) is 6.54 Å². The number of hydrogen-bond acceptors (Lipinski definition) is 3. The SMILES string of the molecule is Cc1ccc2c(c1)-c1ccccc1S(=O)(=O)N2CC(=O)NC1CC2CCC1C2. The van der Waals surface area contributed by atoms with Crippen LogP contribution in [-0.2, 0) is 14.8 Å². The van der Waals surface area contributed by atoms with Crippen LogP contribution in [0.3, 0.4) is 0 Å². The van der Waals surface area contributed by atoms with Crippen molar-refractivity contribution < 1.29 is 13.2 Å². The first kappa shape index (κ1) is 17.7. The maximum atomic E-state index is 13.3. The standard InChI is InChI=1S/C22H24N2O3S/c1-14-6-9-20-18(10-14)17-4-2-3-5-21(17)28(26,27)24(20)13-22(25)23-19-12-15-7-8-16(19)11-15/h2-6,9-10,15-16,19H,7-8,11-13H2,1H3,(H,23,25). The molecule has 1 heterocycles. The lowest BCUT2D eigenvalue weighted by Crippen LogP contribution is -2.46. The highest BCUT2D eigenvalue weighted by Crippen LogP contribution is 2.45. The molecule has 2 aliphatic carbocycles. The van der Waals surface area contributed by atoms with Crippen molar-refractivity contribution in [1.29, 1.82) is 0 Å². The second kappa shape index (κ2) is 6.34. The zero-order chi connectivity index (χ0) is 19.5. The molecular weight excluding hydrogens is 372 g/mol. The number of carbonyl (C=O) groups excluding carboxylic acids is 1. The summed E-state index contributed by atoms with van der Waals surface area (Å²) < 4.78 is 27.9. The second-order valence-corrected chi connectivity index (χ2v) is 10.2. The minimum atomic E-state index is -3.78. The highest BCUT2D eigenvalue weighted by Gasteiger charge is 2.41. The lowest BCUT2D eigenvalue weighted by atomic mass is 9.95. The molecule has 0 radical (unpaired) electrons. The van der Waals surface area contributed by atoms with Gasteiger partial charge in [0.15, 0.2) is 0 Å². The number of rotatable bonds is 3. The number of carbonyl (C=O) groups is 1. The summed E-state index contributed by atoms with van der Waals surface area (Å²) in [5.41, 5.74) is 3.19. The largest absolute Gasteiger partial charge is 0.352 e. The van der Waals surface area contributed by atoms with Crippen LogP contribution in [0.5, 0.6) is 0 Å². The van der Waals surface area contributed by atoms with Crippen molar-refractivity contribution in [3.8, 4) is 11.1 Å². The van der Waals surface area contributed by atoms with Gasteiger partial charge in [0.2, 0.25) is 5.91 Å². The van der Waals surface area contributed by atoms with Gasteiger partial charge in [0.05, 0.1) is 10.6 Å². The number of sulfonamides is 1. The van der Waals surface area contributed by atoms with Crippen LogP contribution in [0.2, 0.25) is 0 Å². The van der Waals surface area contributed by atoms with Gasteiger partial charge in [-0.2, -0.15) is 0 Å². The van der Waals surface area contributed by atoms with Gasteiger partial charge >= 0.3 is 0 Å². The highest BCUT2D eigenvalue weighted by atomic mass is 32.2. The zero-order valence-corrected chi connectivity index (χ0v) is 16.7. The van der Waals surface area contributed by atoms with E-state index in [2.05, 4.69) is 5.32 Å². The fourth-order valence-electron chi connectivity index (χ4n) is 5.22. The van der Waals surface area contributed by atoms with Crippen molar-refractivity contribution in [3.63, 3.8) is 0 Å². The normalized spacial score (nSPS) is 26.6. The topological polar surface area (TPSA) is 66.5 Å². The predicted octanol–water partition coefficient (Wildman–Crippen LogP) is 3.48. The van der Waals surface area contributed by atoms with Crippen LogP contribution in [0.4, 0.5) is 5.69 Å². The molecule has 2 aromatic rings. The van der Waals surface area contributed by atoms with E-state index >= 15 is 0 Å². The number of nitrogens with one attached hydrogen (secondary N) is 1. The second-order valence-electron chi connectivity index (χ2n) is 8.38. The quantitative estimate of drug-likeness (QED) is 0.864. The Morgan fingerprint density at radius 1 is 1.11 bits per heavy atom. The van der Waals surface area contributed by atoms with Crippen molar-refractivity contribution in [1.82, 2.24) is 5.32 Å². The molecule has 2 fully saturated rings. The molecule has 146 valence electrons. The summed E-state index contributed by atoms with van der Waals surface area (Å²) >= 11 is 0. The number of anilines is 1. The summed E-state index contributed by atoms with van der Waals surface area (Å²) in [6, 6.07) is 12.9. The first-order valence-corrected chi connectivity index (χ1v) is 11.4. The van der Waals surface area contributed by atoms with Gasteiger partial charge in [-0.1, -0.05) is 36.2 Å². The lowest BCUT2D eigenvalue weighted by Gasteiger charge is -2.32. The molecule has 3 atom stereocenters. The molecule has 5 rings (SSSR count). The van der Waals surface area contributed by atoms with E-state index in [0.29, 0.717) is 17.2 Å². The van der Waals surface area contributed by atoms with Crippen molar-refractivity contribution in [3.05, 3.63) is 48.0 Å². The highest BCUT2D eigenvalue weighted by molar-refractivity contribution is 7.93. The Hall–Kier alpha value is -2.34. The van der Waals surface area contributed by atoms with E-state index < -0.39 is 10.0 Å². The van der Waals surface area contributed by atoms with Gasteiger partial charge in [-0.25, -0.2) is 8.42 Å². The van der Waals surface area contributed by atoms with Gasteiger partial charge in [-0.15, -0.1) is 0 Å². The van der Waals surface area contributed by atoms with Crippen LogP contribution in [0, 0.1) is 18.8 Å². The van der Waals surface area contributed by atoms with E-state index in [1.54, 1.807) is 12.1 Å². The van der Waals surface area contributed by atoms with Crippen molar-refractivity contribution >= 4 is 21.6 Å². The molecular formula is C22H24N2O3S. The maximum Gasteiger partial charge on any atom is 0.265 e. The average molecular weight is 397 g/mol. The van der Waals surface area contributed by atoms with E-state index in [9.17, 15) is 13.2 Å².